The number of aromatic nitrogens is 1. The molecule has 136 valence electrons. The molecule has 0 saturated heterocycles. The molecule has 0 aliphatic heterocycles. The second-order valence-corrected chi connectivity index (χ2v) is 6.90. The van der Waals surface area contributed by atoms with Gasteiger partial charge in [0.2, 0.25) is 0 Å². The number of anilines is 2. The Labute approximate surface area is 160 Å². The van der Waals surface area contributed by atoms with Crippen molar-refractivity contribution in [1.82, 2.24) is 4.98 Å². The Kier molecular flexibility index (Phi) is 4.64. The fraction of sp³-hybridized carbons (Fsp3) is 0.143. The monoisotopic (exact) mass is 378 g/mol. The Morgan fingerprint density at radius 3 is 2.74 bits per heavy atom. The molecule has 0 bridgehead atoms. The summed E-state index contributed by atoms with van der Waals surface area (Å²) < 4.78 is 10.7. The summed E-state index contributed by atoms with van der Waals surface area (Å²) in [6.45, 7) is 2.13. The van der Waals surface area contributed by atoms with Gasteiger partial charge in [0, 0.05) is 16.5 Å². The van der Waals surface area contributed by atoms with Crippen LogP contribution in [0.3, 0.4) is 0 Å². The highest BCUT2D eigenvalue weighted by atomic mass is 32.1. The number of hydrogen-bond acceptors (Lipinski definition) is 6. The summed E-state index contributed by atoms with van der Waals surface area (Å²) in [7, 11) is 1.55. The van der Waals surface area contributed by atoms with E-state index in [1.807, 2.05) is 29.6 Å². The van der Waals surface area contributed by atoms with Crippen LogP contribution in [-0.2, 0) is 6.42 Å². The Bertz CT molecular complexity index is 1150. The summed E-state index contributed by atoms with van der Waals surface area (Å²) in [5.41, 5.74) is 3.27. The first kappa shape index (κ1) is 17.3. The van der Waals surface area contributed by atoms with Crippen molar-refractivity contribution in [2.24, 2.45) is 0 Å². The van der Waals surface area contributed by atoms with Gasteiger partial charge in [0.05, 0.1) is 18.4 Å². The molecule has 4 aromatic rings. The molecule has 2 aromatic carbocycles. The highest BCUT2D eigenvalue weighted by molar-refractivity contribution is 7.14. The van der Waals surface area contributed by atoms with Gasteiger partial charge in [-0.3, -0.25) is 0 Å². The van der Waals surface area contributed by atoms with Crippen molar-refractivity contribution in [3.63, 3.8) is 0 Å². The maximum Gasteiger partial charge on any atom is 0.345 e. The third kappa shape index (κ3) is 3.44. The quantitative estimate of drug-likeness (QED) is 0.482. The molecule has 5 nitrogen and oxygen atoms in total. The predicted molar refractivity (Wildman–Crippen MR) is 109 cm³/mol. The molecule has 4 rings (SSSR count). The minimum Gasteiger partial charge on any atom is -0.493 e. The van der Waals surface area contributed by atoms with E-state index >= 15 is 0 Å². The Morgan fingerprint density at radius 1 is 1.19 bits per heavy atom. The smallest absolute Gasteiger partial charge is 0.345 e. The van der Waals surface area contributed by atoms with Crippen molar-refractivity contribution in [2.75, 3.05) is 12.4 Å². The maximum atomic E-state index is 12.5. The number of para-hydroxylation sites is 1. The summed E-state index contributed by atoms with van der Waals surface area (Å²) in [6.07, 6.45) is 1.00. The van der Waals surface area contributed by atoms with Gasteiger partial charge in [0.1, 0.15) is 0 Å². The van der Waals surface area contributed by atoms with Gasteiger partial charge in [-0.25, -0.2) is 9.78 Å². The van der Waals surface area contributed by atoms with E-state index in [1.165, 1.54) is 16.9 Å². The molecule has 0 aliphatic carbocycles. The minimum absolute atomic E-state index is 0.432. The first-order chi connectivity index (χ1) is 13.2. The van der Waals surface area contributed by atoms with Gasteiger partial charge in [-0.1, -0.05) is 31.2 Å². The van der Waals surface area contributed by atoms with Gasteiger partial charge in [0.15, 0.2) is 16.5 Å². The van der Waals surface area contributed by atoms with Crippen molar-refractivity contribution in [2.45, 2.75) is 13.3 Å². The minimum atomic E-state index is -0.434. The number of aryl methyl sites for hydroxylation is 1. The predicted octanol–water partition coefficient (Wildman–Crippen LogP) is 5.23. The fourth-order valence-corrected chi connectivity index (χ4v) is 3.59. The van der Waals surface area contributed by atoms with Crippen LogP contribution in [0.1, 0.15) is 12.5 Å². The summed E-state index contributed by atoms with van der Waals surface area (Å²) >= 11 is 1.44. The Morgan fingerprint density at radius 2 is 2.00 bits per heavy atom. The lowest BCUT2D eigenvalue weighted by Gasteiger charge is -2.05. The molecule has 1 N–H and O–H groups in total. The van der Waals surface area contributed by atoms with Crippen molar-refractivity contribution < 1.29 is 9.15 Å². The number of thiazole rings is 1. The SMILES string of the molecule is CCc1ccc(Nc2nc(-c3cc4cccc(OC)c4oc3=O)cs2)cc1. The molecule has 0 saturated carbocycles. The number of nitrogens with zero attached hydrogens (tertiary/aromatic N) is 1. The average Bonchev–Trinajstić information content (AvgIpc) is 3.16. The van der Waals surface area contributed by atoms with Gasteiger partial charge in [0.25, 0.3) is 0 Å². The van der Waals surface area contributed by atoms with E-state index in [0.29, 0.717) is 22.6 Å². The largest absolute Gasteiger partial charge is 0.493 e. The number of fused-ring (bicyclic) bond motifs is 1. The van der Waals surface area contributed by atoms with Crippen molar-refractivity contribution >= 4 is 33.1 Å². The highest BCUT2D eigenvalue weighted by Crippen LogP contribution is 2.30. The van der Waals surface area contributed by atoms with E-state index in [-0.39, 0.29) is 0 Å². The average molecular weight is 378 g/mol. The molecule has 0 radical (unpaired) electrons. The van der Waals surface area contributed by atoms with Crippen LogP contribution in [0.25, 0.3) is 22.2 Å². The van der Waals surface area contributed by atoms with Crippen molar-refractivity contribution in [3.8, 4) is 17.0 Å². The Balaban J connectivity index is 1.66. The third-order valence-electron chi connectivity index (χ3n) is 4.34. The molecule has 0 unspecified atom stereocenters. The molecule has 0 spiro atoms. The number of benzene rings is 2. The molecular formula is C21H18N2O3S. The summed E-state index contributed by atoms with van der Waals surface area (Å²) in [5.74, 6) is 0.535. The van der Waals surface area contributed by atoms with Gasteiger partial charge < -0.3 is 14.5 Å². The highest BCUT2D eigenvalue weighted by Gasteiger charge is 2.13. The van der Waals surface area contributed by atoms with Gasteiger partial charge in [-0.2, -0.15) is 0 Å². The second-order valence-electron chi connectivity index (χ2n) is 6.04. The topological polar surface area (TPSA) is 64.4 Å². The van der Waals surface area contributed by atoms with Crippen LogP contribution in [0.15, 0.2) is 63.1 Å². The fourth-order valence-electron chi connectivity index (χ4n) is 2.86. The lowest BCUT2D eigenvalue weighted by atomic mass is 10.1. The molecule has 0 atom stereocenters. The van der Waals surface area contributed by atoms with Gasteiger partial charge in [-0.05, 0) is 36.2 Å². The Hall–Kier alpha value is -3.12. The van der Waals surface area contributed by atoms with Crippen LogP contribution in [0.2, 0.25) is 0 Å². The first-order valence-corrected chi connectivity index (χ1v) is 9.48. The number of ether oxygens (including phenoxy) is 1. The molecule has 6 heteroatoms. The van der Waals surface area contributed by atoms with E-state index in [1.54, 1.807) is 19.2 Å². The zero-order chi connectivity index (χ0) is 18.8. The van der Waals surface area contributed by atoms with Crippen molar-refractivity contribution in [1.29, 1.82) is 0 Å². The summed E-state index contributed by atoms with van der Waals surface area (Å²) in [5, 5.41) is 6.64. The molecule has 2 heterocycles. The zero-order valence-corrected chi connectivity index (χ0v) is 15.8. The molecule has 2 aromatic heterocycles. The summed E-state index contributed by atoms with van der Waals surface area (Å²) in [4.78, 5) is 17.0. The van der Waals surface area contributed by atoms with Crippen LogP contribution < -0.4 is 15.7 Å². The first-order valence-electron chi connectivity index (χ1n) is 8.60. The maximum absolute atomic E-state index is 12.5. The second kappa shape index (κ2) is 7.25. The molecule has 0 aliphatic rings. The van der Waals surface area contributed by atoms with E-state index < -0.39 is 5.63 Å². The van der Waals surface area contributed by atoms with Gasteiger partial charge >= 0.3 is 5.63 Å². The van der Waals surface area contributed by atoms with E-state index in [4.69, 9.17) is 9.15 Å². The summed E-state index contributed by atoms with van der Waals surface area (Å²) in [6, 6.07) is 15.5. The molecule has 0 amide bonds. The molecule has 27 heavy (non-hydrogen) atoms. The zero-order valence-electron chi connectivity index (χ0n) is 15.0. The number of rotatable bonds is 5. The number of methoxy groups -OCH3 is 1. The lowest BCUT2D eigenvalue weighted by Crippen LogP contribution is -2.03. The molecule has 0 fully saturated rings. The van der Waals surface area contributed by atoms with Crippen LogP contribution in [0.4, 0.5) is 10.8 Å². The van der Waals surface area contributed by atoms with Crippen LogP contribution in [0, 0.1) is 0 Å². The van der Waals surface area contributed by atoms with Crippen LogP contribution in [0.5, 0.6) is 5.75 Å². The van der Waals surface area contributed by atoms with Crippen LogP contribution in [-0.4, -0.2) is 12.1 Å². The normalized spacial score (nSPS) is 10.9. The molecular weight excluding hydrogens is 360 g/mol. The third-order valence-corrected chi connectivity index (χ3v) is 5.10. The van der Waals surface area contributed by atoms with Gasteiger partial charge in [-0.15, -0.1) is 11.3 Å². The lowest BCUT2D eigenvalue weighted by molar-refractivity contribution is 0.407. The van der Waals surface area contributed by atoms with E-state index in [0.717, 1.165) is 22.6 Å². The van der Waals surface area contributed by atoms with E-state index in [2.05, 4.69) is 29.4 Å². The number of nitrogens with one attached hydrogen (secondary N) is 1. The van der Waals surface area contributed by atoms with Crippen LogP contribution >= 0.6 is 11.3 Å². The van der Waals surface area contributed by atoms with Crippen molar-refractivity contribution in [3.05, 3.63) is 69.9 Å². The van der Waals surface area contributed by atoms with E-state index in [9.17, 15) is 4.79 Å². The standard InChI is InChI=1S/C21H18N2O3S/c1-3-13-7-9-15(10-8-13)22-21-23-17(12-27-21)16-11-14-5-4-6-18(25-2)19(14)26-20(16)24/h4-12H,3H2,1-2H3,(H,22,23). The number of hydrogen-bond donors (Lipinski definition) is 1.